The lowest BCUT2D eigenvalue weighted by molar-refractivity contribution is 0.543. The number of likely N-dealkylation sites (N-methyl/N-ethyl adjacent to an activating group) is 1. The largest absolute Gasteiger partial charge is 0.310 e. The van der Waals surface area contributed by atoms with Gasteiger partial charge in [0.2, 0.25) is 0 Å². The number of hydrogen-bond acceptors (Lipinski definition) is 3. The van der Waals surface area contributed by atoms with Crippen molar-refractivity contribution in [3.05, 3.63) is 45.1 Å². The third-order valence-corrected chi connectivity index (χ3v) is 4.18. The van der Waals surface area contributed by atoms with Gasteiger partial charge in [-0.1, -0.05) is 35.9 Å². The quantitative estimate of drug-likeness (QED) is 0.907. The molecule has 0 saturated heterocycles. The molecule has 19 heavy (non-hydrogen) atoms. The molecule has 1 aromatic carbocycles. The van der Waals surface area contributed by atoms with E-state index in [1.807, 2.05) is 31.4 Å². The van der Waals surface area contributed by atoms with Crippen molar-refractivity contribution < 1.29 is 0 Å². The Balaban J connectivity index is 2.26. The first kappa shape index (κ1) is 14.5. The van der Waals surface area contributed by atoms with Crippen LogP contribution in [0.25, 0.3) is 0 Å². The van der Waals surface area contributed by atoms with Crippen molar-refractivity contribution >= 4 is 27.5 Å². The van der Waals surface area contributed by atoms with Crippen LogP contribution in [0.15, 0.2) is 28.9 Å². The van der Waals surface area contributed by atoms with Crippen LogP contribution >= 0.6 is 27.5 Å². The van der Waals surface area contributed by atoms with Gasteiger partial charge >= 0.3 is 0 Å². The Morgan fingerprint density at radius 3 is 2.89 bits per heavy atom. The molecule has 1 aromatic heterocycles. The normalized spacial score (nSPS) is 12.6. The summed E-state index contributed by atoms with van der Waals surface area (Å²) < 4.78 is 2.62. The van der Waals surface area contributed by atoms with Crippen LogP contribution in [0.4, 0.5) is 0 Å². The molecule has 0 bridgehead atoms. The van der Waals surface area contributed by atoms with Crippen LogP contribution in [0.2, 0.25) is 5.02 Å². The van der Waals surface area contributed by atoms with E-state index in [-0.39, 0.29) is 6.04 Å². The average Bonchev–Trinajstić information content (AvgIpc) is 2.78. The highest BCUT2D eigenvalue weighted by Crippen LogP contribution is 2.31. The molecule has 1 unspecified atom stereocenters. The van der Waals surface area contributed by atoms with E-state index < -0.39 is 0 Å². The molecular weight excluding hydrogens is 328 g/mol. The molecule has 4 nitrogen and oxygen atoms in total. The molecule has 0 aliphatic heterocycles. The third-order valence-electron chi connectivity index (χ3n) is 2.87. The van der Waals surface area contributed by atoms with E-state index in [9.17, 15) is 0 Å². The monoisotopic (exact) mass is 342 g/mol. The lowest BCUT2D eigenvalue weighted by Crippen LogP contribution is -2.23. The average molecular weight is 344 g/mol. The van der Waals surface area contributed by atoms with Crippen molar-refractivity contribution in [3.8, 4) is 0 Å². The maximum absolute atomic E-state index is 6.37. The Morgan fingerprint density at radius 1 is 1.47 bits per heavy atom. The summed E-state index contributed by atoms with van der Waals surface area (Å²) in [4.78, 5) is 0. The Kier molecular flexibility index (Phi) is 4.96. The summed E-state index contributed by atoms with van der Waals surface area (Å²) in [5.74, 6) is 0. The lowest BCUT2D eigenvalue weighted by atomic mass is 10.0. The summed E-state index contributed by atoms with van der Waals surface area (Å²) in [6.45, 7) is 2.95. The molecule has 0 radical (unpaired) electrons. The fourth-order valence-corrected chi connectivity index (χ4v) is 2.67. The van der Waals surface area contributed by atoms with Crippen molar-refractivity contribution in [1.29, 1.82) is 0 Å². The Labute approximate surface area is 126 Å². The minimum atomic E-state index is 0.131. The standard InChI is InChI=1S/C13H16BrClN4/c1-3-16-12(7-9-8-19(2)18-17-9)10-5-4-6-11(14)13(10)15/h4-6,8,12,16H,3,7H2,1-2H3. The van der Waals surface area contributed by atoms with Crippen LogP contribution in [0.5, 0.6) is 0 Å². The second-order valence-electron chi connectivity index (χ2n) is 4.34. The van der Waals surface area contributed by atoms with Crippen molar-refractivity contribution in [1.82, 2.24) is 20.3 Å². The minimum absolute atomic E-state index is 0.131. The number of aromatic nitrogens is 3. The zero-order valence-corrected chi connectivity index (χ0v) is 13.2. The van der Waals surface area contributed by atoms with Crippen LogP contribution in [0, 0.1) is 0 Å². The first-order valence-electron chi connectivity index (χ1n) is 6.14. The van der Waals surface area contributed by atoms with Crippen molar-refractivity contribution in [2.45, 2.75) is 19.4 Å². The molecule has 102 valence electrons. The predicted molar refractivity (Wildman–Crippen MR) is 80.3 cm³/mol. The van der Waals surface area contributed by atoms with Gasteiger partial charge in [-0.2, -0.15) is 0 Å². The van der Waals surface area contributed by atoms with Gasteiger partial charge in [-0.15, -0.1) is 5.10 Å². The molecule has 1 heterocycles. The van der Waals surface area contributed by atoms with E-state index in [0.717, 1.165) is 33.7 Å². The summed E-state index contributed by atoms with van der Waals surface area (Å²) in [6.07, 6.45) is 2.69. The number of aryl methyl sites for hydroxylation is 1. The van der Waals surface area contributed by atoms with Crippen molar-refractivity contribution in [2.75, 3.05) is 6.54 Å². The van der Waals surface area contributed by atoms with E-state index in [1.54, 1.807) is 4.68 Å². The maximum atomic E-state index is 6.37. The molecule has 0 aliphatic carbocycles. The molecule has 6 heteroatoms. The Bertz CT molecular complexity index is 555. The molecule has 2 aromatic rings. The minimum Gasteiger partial charge on any atom is -0.310 e. The zero-order valence-electron chi connectivity index (χ0n) is 10.9. The Hall–Kier alpha value is -0.910. The van der Waals surface area contributed by atoms with Gasteiger partial charge in [0.05, 0.1) is 10.7 Å². The van der Waals surface area contributed by atoms with Gasteiger partial charge in [-0.25, -0.2) is 0 Å². The highest BCUT2D eigenvalue weighted by atomic mass is 79.9. The van der Waals surface area contributed by atoms with E-state index in [2.05, 4.69) is 38.5 Å². The van der Waals surface area contributed by atoms with E-state index in [1.165, 1.54) is 0 Å². The molecule has 0 amide bonds. The van der Waals surface area contributed by atoms with Crippen LogP contribution in [-0.4, -0.2) is 21.5 Å². The van der Waals surface area contributed by atoms with Gasteiger partial charge in [0.15, 0.2) is 0 Å². The predicted octanol–water partition coefficient (Wildman–Crippen LogP) is 3.12. The molecule has 0 fully saturated rings. The number of nitrogens with zero attached hydrogens (tertiary/aromatic N) is 3. The first-order chi connectivity index (χ1) is 9.11. The van der Waals surface area contributed by atoms with Crippen LogP contribution in [-0.2, 0) is 13.5 Å². The molecular formula is C13H16BrClN4. The van der Waals surface area contributed by atoms with Gasteiger partial charge in [0.25, 0.3) is 0 Å². The fourth-order valence-electron chi connectivity index (χ4n) is 2.03. The van der Waals surface area contributed by atoms with Gasteiger partial charge in [0.1, 0.15) is 0 Å². The van der Waals surface area contributed by atoms with E-state index in [0.29, 0.717) is 0 Å². The smallest absolute Gasteiger partial charge is 0.0845 e. The molecule has 2 rings (SSSR count). The fraction of sp³-hybridized carbons (Fsp3) is 0.385. The van der Waals surface area contributed by atoms with Gasteiger partial charge in [-0.3, -0.25) is 4.68 Å². The SMILES string of the molecule is CCNC(Cc1cn(C)nn1)c1cccc(Br)c1Cl. The highest BCUT2D eigenvalue weighted by molar-refractivity contribution is 9.10. The zero-order chi connectivity index (χ0) is 13.8. The highest BCUT2D eigenvalue weighted by Gasteiger charge is 2.17. The summed E-state index contributed by atoms with van der Waals surface area (Å²) in [5.41, 5.74) is 2.02. The topological polar surface area (TPSA) is 42.7 Å². The first-order valence-corrected chi connectivity index (χ1v) is 7.31. The lowest BCUT2D eigenvalue weighted by Gasteiger charge is -2.19. The maximum Gasteiger partial charge on any atom is 0.0845 e. The van der Waals surface area contributed by atoms with Crippen LogP contribution in [0.1, 0.15) is 24.2 Å². The summed E-state index contributed by atoms with van der Waals surface area (Å²) >= 11 is 9.83. The number of halogens is 2. The Morgan fingerprint density at radius 2 is 2.26 bits per heavy atom. The third kappa shape index (κ3) is 3.55. The number of hydrogen-bond donors (Lipinski definition) is 1. The summed E-state index contributed by atoms with van der Waals surface area (Å²) in [5, 5.41) is 12.3. The molecule has 0 aliphatic rings. The number of rotatable bonds is 5. The van der Waals surface area contributed by atoms with Crippen LogP contribution < -0.4 is 5.32 Å². The van der Waals surface area contributed by atoms with E-state index >= 15 is 0 Å². The number of benzene rings is 1. The molecule has 1 atom stereocenters. The van der Waals surface area contributed by atoms with Gasteiger partial charge in [0, 0.05) is 30.2 Å². The molecule has 0 saturated carbocycles. The molecule has 1 N–H and O–H groups in total. The van der Waals surface area contributed by atoms with Gasteiger partial charge < -0.3 is 5.32 Å². The van der Waals surface area contributed by atoms with Crippen molar-refractivity contribution in [2.24, 2.45) is 7.05 Å². The van der Waals surface area contributed by atoms with Gasteiger partial charge in [-0.05, 0) is 34.1 Å². The summed E-state index contributed by atoms with van der Waals surface area (Å²) in [6, 6.07) is 6.10. The van der Waals surface area contributed by atoms with E-state index in [4.69, 9.17) is 11.6 Å². The molecule has 0 spiro atoms. The number of nitrogens with one attached hydrogen (secondary N) is 1. The van der Waals surface area contributed by atoms with Crippen LogP contribution in [0.3, 0.4) is 0 Å². The van der Waals surface area contributed by atoms with Crippen molar-refractivity contribution in [3.63, 3.8) is 0 Å². The second-order valence-corrected chi connectivity index (χ2v) is 5.57. The summed E-state index contributed by atoms with van der Waals surface area (Å²) in [7, 11) is 1.87. The second kappa shape index (κ2) is 6.50.